The summed E-state index contributed by atoms with van der Waals surface area (Å²) in [5.41, 5.74) is 4.29. The average molecular weight is 366 g/mol. The number of carbonyl (C=O) groups excluding carboxylic acids is 2. The minimum atomic E-state index is -0.599. The standard InChI is InChI=1S/C21H22N2O4/c1-13-10-18(15(3)23(13)11-17-8-6-5-7-9-17)19(24)12-26-21(25)20-14(2)22-27-16(20)4/h5-10H,11-12H2,1-4H3. The third-order valence-electron chi connectivity index (χ3n) is 4.63. The quantitative estimate of drug-likeness (QED) is 0.490. The van der Waals surface area contributed by atoms with Gasteiger partial charge in [0.15, 0.2) is 6.61 Å². The Kier molecular flexibility index (Phi) is 5.26. The van der Waals surface area contributed by atoms with Crippen molar-refractivity contribution in [3.05, 3.63) is 75.9 Å². The number of carbonyl (C=O) groups is 2. The molecule has 0 N–H and O–H groups in total. The molecule has 0 spiro atoms. The van der Waals surface area contributed by atoms with E-state index in [-0.39, 0.29) is 18.0 Å². The third kappa shape index (κ3) is 3.84. The molecule has 0 aliphatic heterocycles. The molecule has 0 aliphatic rings. The summed E-state index contributed by atoms with van der Waals surface area (Å²) in [6.07, 6.45) is 0. The zero-order valence-electron chi connectivity index (χ0n) is 15.9. The summed E-state index contributed by atoms with van der Waals surface area (Å²) in [5.74, 6) is -0.453. The fraction of sp³-hybridized carbons (Fsp3) is 0.286. The van der Waals surface area contributed by atoms with Gasteiger partial charge in [0.25, 0.3) is 0 Å². The van der Waals surface area contributed by atoms with Gasteiger partial charge >= 0.3 is 5.97 Å². The minimum Gasteiger partial charge on any atom is -0.454 e. The second kappa shape index (κ2) is 7.61. The number of Topliss-reactive ketones (excluding diaryl/α,β-unsaturated/α-hetero) is 1. The maximum absolute atomic E-state index is 12.6. The zero-order chi connectivity index (χ0) is 19.6. The Hall–Kier alpha value is -3.15. The molecule has 3 rings (SSSR count). The molecule has 6 nitrogen and oxygen atoms in total. The van der Waals surface area contributed by atoms with Crippen LogP contribution in [0.1, 0.15) is 49.1 Å². The SMILES string of the molecule is Cc1noc(C)c1C(=O)OCC(=O)c1cc(C)n(Cc2ccccc2)c1C. The third-order valence-corrected chi connectivity index (χ3v) is 4.63. The van der Waals surface area contributed by atoms with Gasteiger partial charge in [-0.3, -0.25) is 4.79 Å². The summed E-state index contributed by atoms with van der Waals surface area (Å²) in [5, 5.41) is 3.73. The van der Waals surface area contributed by atoms with E-state index in [0.29, 0.717) is 23.6 Å². The highest BCUT2D eigenvalue weighted by molar-refractivity contribution is 6.00. The first-order chi connectivity index (χ1) is 12.9. The molecule has 0 bridgehead atoms. The monoisotopic (exact) mass is 366 g/mol. The summed E-state index contributed by atoms with van der Waals surface area (Å²) < 4.78 is 12.2. The Morgan fingerprint density at radius 3 is 2.44 bits per heavy atom. The van der Waals surface area contributed by atoms with Crippen LogP contribution in [-0.4, -0.2) is 28.1 Å². The van der Waals surface area contributed by atoms with E-state index in [0.717, 1.165) is 17.0 Å². The van der Waals surface area contributed by atoms with Crippen molar-refractivity contribution in [1.29, 1.82) is 0 Å². The van der Waals surface area contributed by atoms with Gasteiger partial charge < -0.3 is 13.8 Å². The first kappa shape index (κ1) is 18.6. The first-order valence-electron chi connectivity index (χ1n) is 8.72. The molecule has 140 valence electrons. The van der Waals surface area contributed by atoms with Crippen molar-refractivity contribution in [2.75, 3.05) is 6.61 Å². The van der Waals surface area contributed by atoms with Crippen LogP contribution in [0.15, 0.2) is 40.9 Å². The molecule has 2 aromatic heterocycles. The van der Waals surface area contributed by atoms with E-state index in [4.69, 9.17) is 9.26 Å². The molecule has 0 saturated carbocycles. The Morgan fingerprint density at radius 2 is 1.81 bits per heavy atom. The molecule has 1 aromatic carbocycles. The van der Waals surface area contributed by atoms with E-state index < -0.39 is 5.97 Å². The lowest BCUT2D eigenvalue weighted by Crippen LogP contribution is -2.16. The van der Waals surface area contributed by atoms with Crippen LogP contribution in [0.25, 0.3) is 0 Å². The lowest BCUT2D eigenvalue weighted by molar-refractivity contribution is 0.0472. The molecule has 2 heterocycles. The molecule has 6 heteroatoms. The topological polar surface area (TPSA) is 74.3 Å². The summed E-state index contributed by atoms with van der Waals surface area (Å²) in [6, 6.07) is 11.9. The Labute approximate surface area is 157 Å². The molecule has 0 radical (unpaired) electrons. The number of ketones is 1. The van der Waals surface area contributed by atoms with Crippen LogP contribution in [0.2, 0.25) is 0 Å². The van der Waals surface area contributed by atoms with E-state index in [1.807, 2.05) is 50.2 Å². The highest BCUT2D eigenvalue weighted by atomic mass is 16.5. The van der Waals surface area contributed by atoms with E-state index in [2.05, 4.69) is 9.72 Å². The molecule has 0 atom stereocenters. The number of benzene rings is 1. The van der Waals surface area contributed by atoms with Gasteiger partial charge in [0.2, 0.25) is 5.78 Å². The molecular formula is C21H22N2O4. The fourth-order valence-corrected chi connectivity index (χ4v) is 3.15. The largest absolute Gasteiger partial charge is 0.454 e. The lowest BCUT2D eigenvalue weighted by Gasteiger charge is -2.10. The van der Waals surface area contributed by atoms with Crippen molar-refractivity contribution in [1.82, 2.24) is 9.72 Å². The van der Waals surface area contributed by atoms with Crippen molar-refractivity contribution in [2.24, 2.45) is 0 Å². The van der Waals surface area contributed by atoms with Gasteiger partial charge in [-0.1, -0.05) is 35.5 Å². The minimum absolute atomic E-state index is 0.234. The van der Waals surface area contributed by atoms with Crippen molar-refractivity contribution in [3.63, 3.8) is 0 Å². The first-order valence-corrected chi connectivity index (χ1v) is 8.72. The zero-order valence-corrected chi connectivity index (χ0v) is 15.9. The van der Waals surface area contributed by atoms with E-state index >= 15 is 0 Å². The van der Waals surface area contributed by atoms with Gasteiger partial charge in [-0.25, -0.2) is 4.79 Å². The molecule has 0 amide bonds. The smallest absolute Gasteiger partial charge is 0.344 e. The predicted molar refractivity (Wildman–Crippen MR) is 100 cm³/mol. The van der Waals surface area contributed by atoms with Crippen molar-refractivity contribution < 1.29 is 18.8 Å². The van der Waals surface area contributed by atoms with E-state index in [9.17, 15) is 9.59 Å². The summed E-state index contributed by atoms with van der Waals surface area (Å²) >= 11 is 0. The molecule has 27 heavy (non-hydrogen) atoms. The molecule has 0 aliphatic carbocycles. The van der Waals surface area contributed by atoms with Crippen molar-refractivity contribution in [2.45, 2.75) is 34.2 Å². The van der Waals surface area contributed by atoms with Gasteiger partial charge in [0.1, 0.15) is 11.3 Å². The number of nitrogens with zero attached hydrogens (tertiary/aromatic N) is 2. The van der Waals surface area contributed by atoms with Crippen LogP contribution in [0.5, 0.6) is 0 Å². The summed E-state index contributed by atoms with van der Waals surface area (Å²) in [6.45, 7) is 7.52. The van der Waals surface area contributed by atoms with Crippen LogP contribution >= 0.6 is 0 Å². The molecule has 0 fully saturated rings. The molecule has 3 aromatic rings. The fourth-order valence-electron chi connectivity index (χ4n) is 3.15. The Balaban J connectivity index is 1.72. The predicted octanol–water partition coefficient (Wildman–Crippen LogP) is 3.80. The van der Waals surface area contributed by atoms with Gasteiger partial charge in [-0.05, 0) is 39.3 Å². The van der Waals surface area contributed by atoms with E-state index in [1.165, 1.54) is 0 Å². The Morgan fingerprint density at radius 1 is 1.11 bits per heavy atom. The molecule has 0 saturated heterocycles. The number of ether oxygens (including phenoxy) is 1. The number of rotatable bonds is 6. The number of aryl methyl sites for hydroxylation is 3. The average Bonchev–Trinajstić information content (AvgIpc) is 3.13. The van der Waals surface area contributed by atoms with Gasteiger partial charge in [-0.15, -0.1) is 0 Å². The molecular weight excluding hydrogens is 344 g/mol. The number of hydrogen-bond acceptors (Lipinski definition) is 5. The highest BCUT2D eigenvalue weighted by Gasteiger charge is 2.22. The number of aromatic nitrogens is 2. The lowest BCUT2D eigenvalue weighted by atomic mass is 10.1. The van der Waals surface area contributed by atoms with Crippen LogP contribution in [0.3, 0.4) is 0 Å². The van der Waals surface area contributed by atoms with E-state index in [1.54, 1.807) is 13.8 Å². The summed E-state index contributed by atoms with van der Waals surface area (Å²) in [7, 11) is 0. The normalized spacial score (nSPS) is 10.8. The Bertz CT molecular complexity index is 964. The van der Waals surface area contributed by atoms with Crippen molar-refractivity contribution in [3.8, 4) is 0 Å². The van der Waals surface area contributed by atoms with Crippen LogP contribution in [0.4, 0.5) is 0 Å². The van der Waals surface area contributed by atoms with Crippen LogP contribution < -0.4 is 0 Å². The maximum Gasteiger partial charge on any atom is 0.344 e. The molecule has 0 unspecified atom stereocenters. The van der Waals surface area contributed by atoms with Gasteiger partial charge in [-0.2, -0.15) is 0 Å². The summed E-state index contributed by atoms with van der Waals surface area (Å²) in [4.78, 5) is 24.8. The second-order valence-electron chi connectivity index (χ2n) is 6.56. The van der Waals surface area contributed by atoms with Gasteiger partial charge in [0, 0.05) is 23.5 Å². The maximum atomic E-state index is 12.6. The van der Waals surface area contributed by atoms with Gasteiger partial charge in [0.05, 0.1) is 5.69 Å². The van der Waals surface area contributed by atoms with Crippen molar-refractivity contribution >= 4 is 11.8 Å². The van der Waals surface area contributed by atoms with Crippen LogP contribution in [0, 0.1) is 27.7 Å². The highest BCUT2D eigenvalue weighted by Crippen LogP contribution is 2.19. The number of esters is 1. The number of hydrogen-bond donors (Lipinski definition) is 0. The van der Waals surface area contributed by atoms with Crippen LogP contribution in [-0.2, 0) is 11.3 Å². The second-order valence-corrected chi connectivity index (χ2v) is 6.56.